The van der Waals surface area contributed by atoms with E-state index in [4.69, 9.17) is 27.9 Å². The number of hydrogen-bond acceptors (Lipinski definition) is 3. The summed E-state index contributed by atoms with van der Waals surface area (Å²) in [7, 11) is 0. The minimum atomic E-state index is -0.244. The number of para-hydroxylation sites is 1. The second-order valence-corrected chi connectivity index (χ2v) is 6.47. The second-order valence-electron chi connectivity index (χ2n) is 5.62. The molecular weight excluding hydrogens is 347 g/mol. The number of carbonyl (C=O) groups is 1. The highest BCUT2D eigenvalue weighted by molar-refractivity contribution is 6.37. The van der Waals surface area contributed by atoms with E-state index in [-0.39, 0.29) is 5.91 Å². The Morgan fingerprint density at radius 2 is 1.88 bits per heavy atom. The van der Waals surface area contributed by atoms with E-state index in [0.29, 0.717) is 15.6 Å². The molecule has 126 valence electrons. The van der Waals surface area contributed by atoms with Crippen molar-refractivity contribution in [3.05, 3.63) is 63.6 Å². The molecule has 1 fully saturated rings. The van der Waals surface area contributed by atoms with Crippen LogP contribution in [0.4, 0.5) is 5.69 Å². The van der Waals surface area contributed by atoms with Crippen molar-refractivity contribution in [3.8, 4) is 0 Å². The molecule has 0 aromatic heterocycles. The third kappa shape index (κ3) is 4.28. The first-order chi connectivity index (χ1) is 11.6. The number of morpholine rings is 1. The number of rotatable bonds is 4. The third-order valence-electron chi connectivity index (χ3n) is 3.94. The van der Waals surface area contributed by atoms with Gasteiger partial charge in [-0.1, -0.05) is 41.4 Å². The van der Waals surface area contributed by atoms with Crippen LogP contribution in [0.2, 0.25) is 10.0 Å². The average molecular weight is 365 g/mol. The fourth-order valence-electron chi connectivity index (χ4n) is 2.64. The molecule has 1 aliphatic heterocycles. The fourth-order valence-corrected chi connectivity index (χ4v) is 3.14. The highest BCUT2D eigenvalue weighted by Gasteiger charge is 2.15. The predicted molar refractivity (Wildman–Crippen MR) is 97.0 cm³/mol. The van der Waals surface area contributed by atoms with Crippen LogP contribution in [-0.2, 0) is 11.3 Å². The van der Waals surface area contributed by atoms with E-state index in [1.165, 1.54) is 0 Å². The zero-order valence-corrected chi connectivity index (χ0v) is 14.6. The van der Waals surface area contributed by atoms with Gasteiger partial charge in [0.05, 0.1) is 23.8 Å². The summed E-state index contributed by atoms with van der Waals surface area (Å²) in [4.78, 5) is 14.8. The van der Waals surface area contributed by atoms with Crippen molar-refractivity contribution in [1.82, 2.24) is 4.90 Å². The van der Waals surface area contributed by atoms with Gasteiger partial charge in [-0.25, -0.2) is 0 Å². The fraction of sp³-hybridized carbons (Fsp3) is 0.278. The first kappa shape index (κ1) is 17.2. The molecule has 6 heteroatoms. The number of nitrogens with zero attached hydrogens (tertiary/aromatic N) is 1. The van der Waals surface area contributed by atoms with E-state index in [9.17, 15) is 4.79 Å². The molecule has 1 heterocycles. The van der Waals surface area contributed by atoms with Gasteiger partial charge in [0, 0.05) is 30.3 Å². The van der Waals surface area contributed by atoms with E-state index in [0.717, 1.165) is 44.1 Å². The van der Waals surface area contributed by atoms with Gasteiger partial charge in [0.1, 0.15) is 0 Å². The molecule has 0 bridgehead atoms. The maximum Gasteiger partial charge on any atom is 0.257 e. The maximum absolute atomic E-state index is 12.5. The lowest BCUT2D eigenvalue weighted by Crippen LogP contribution is -2.35. The number of amides is 1. The molecule has 0 atom stereocenters. The number of carbonyl (C=O) groups excluding carboxylic acids is 1. The first-order valence-electron chi connectivity index (χ1n) is 7.78. The Labute approximate surface area is 151 Å². The van der Waals surface area contributed by atoms with Gasteiger partial charge >= 0.3 is 0 Å². The highest BCUT2D eigenvalue weighted by Crippen LogP contribution is 2.24. The van der Waals surface area contributed by atoms with Crippen molar-refractivity contribution in [3.63, 3.8) is 0 Å². The normalized spacial score (nSPS) is 15.2. The molecule has 4 nitrogen and oxygen atoms in total. The van der Waals surface area contributed by atoms with Crippen LogP contribution in [0.25, 0.3) is 0 Å². The van der Waals surface area contributed by atoms with Crippen LogP contribution in [0.3, 0.4) is 0 Å². The van der Waals surface area contributed by atoms with Crippen molar-refractivity contribution < 1.29 is 9.53 Å². The summed E-state index contributed by atoms with van der Waals surface area (Å²) < 4.78 is 5.38. The summed E-state index contributed by atoms with van der Waals surface area (Å²) >= 11 is 12.0. The summed E-state index contributed by atoms with van der Waals surface area (Å²) in [6.45, 7) is 4.05. The smallest absolute Gasteiger partial charge is 0.257 e. The molecule has 1 aliphatic rings. The zero-order chi connectivity index (χ0) is 16.9. The lowest BCUT2D eigenvalue weighted by atomic mass is 10.1. The van der Waals surface area contributed by atoms with Gasteiger partial charge in [-0.15, -0.1) is 0 Å². The minimum absolute atomic E-state index is 0.244. The van der Waals surface area contributed by atoms with Gasteiger partial charge in [0.15, 0.2) is 0 Å². The molecular formula is C18H18Cl2N2O2. The monoisotopic (exact) mass is 364 g/mol. The van der Waals surface area contributed by atoms with Gasteiger partial charge in [-0.05, 0) is 29.8 Å². The van der Waals surface area contributed by atoms with Gasteiger partial charge in [0.2, 0.25) is 0 Å². The predicted octanol–water partition coefficient (Wildman–Crippen LogP) is 4.08. The third-order valence-corrected chi connectivity index (χ3v) is 4.49. The lowest BCUT2D eigenvalue weighted by molar-refractivity contribution is 0.0342. The van der Waals surface area contributed by atoms with Gasteiger partial charge in [0.25, 0.3) is 5.91 Å². The second kappa shape index (κ2) is 7.99. The molecule has 2 aromatic rings. The summed E-state index contributed by atoms with van der Waals surface area (Å²) in [6.07, 6.45) is 0. The molecule has 0 radical (unpaired) electrons. The van der Waals surface area contributed by atoms with Gasteiger partial charge in [-0.3, -0.25) is 9.69 Å². The SMILES string of the molecule is O=C(Nc1ccccc1CN1CCOCC1)c1ccc(Cl)cc1Cl. The Morgan fingerprint density at radius 1 is 1.12 bits per heavy atom. The molecule has 0 spiro atoms. The molecule has 1 N–H and O–H groups in total. The Balaban J connectivity index is 1.75. The van der Waals surface area contributed by atoms with Crippen LogP contribution in [0.5, 0.6) is 0 Å². The number of nitrogens with one attached hydrogen (secondary N) is 1. The Bertz CT molecular complexity index is 731. The number of halogens is 2. The molecule has 0 aliphatic carbocycles. The summed E-state index contributed by atoms with van der Waals surface area (Å²) in [5.41, 5.74) is 2.26. The lowest BCUT2D eigenvalue weighted by Gasteiger charge is -2.27. The van der Waals surface area contributed by atoms with Crippen molar-refractivity contribution in [2.45, 2.75) is 6.54 Å². The molecule has 1 saturated heterocycles. The Hall–Kier alpha value is -1.59. The van der Waals surface area contributed by atoms with Crippen LogP contribution in [0.1, 0.15) is 15.9 Å². The zero-order valence-electron chi connectivity index (χ0n) is 13.1. The number of hydrogen-bond donors (Lipinski definition) is 1. The van der Waals surface area contributed by atoms with Crippen molar-refractivity contribution >= 4 is 34.8 Å². The standard InChI is InChI=1S/C18H18Cl2N2O2/c19-14-5-6-15(16(20)11-14)18(23)21-17-4-2-1-3-13(17)12-22-7-9-24-10-8-22/h1-6,11H,7-10,12H2,(H,21,23). The molecule has 0 saturated carbocycles. The van der Waals surface area contributed by atoms with E-state index in [1.54, 1.807) is 18.2 Å². The van der Waals surface area contributed by atoms with Gasteiger partial charge < -0.3 is 10.1 Å². The highest BCUT2D eigenvalue weighted by atomic mass is 35.5. The van der Waals surface area contributed by atoms with E-state index >= 15 is 0 Å². The minimum Gasteiger partial charge on any atom is -0.379 e. The maximum atomic E-state index is 12.5. The molecule has 2 aromatic carbocycles. The quantitative estimate of drug-likeness (QED) is 0.888. The van der Waals surface area contributed by atoms with Gasteiger partial charge in [-0.2, -0.15) is 0 Å². The van der Waals surface area contributed by atoms with E-state index in [1.807, 2.05) is 24.3 Å². The van der Waals surface area contributed by atoms with Crippen LogP contribution >= 0.6 is 23.2 Å². The topological polar surface area (TPSA) is 41.6 Å². The molecule has 24 heavy (non-hydrogen) atoms. The summed E-state index contributed by atoms with van der Waals surface area (Å²) in [5.74, 6) is -0.244. The summed E-state index contributed by atoms with van der Waals surface area (Å²) in [6, 6.07) is 12.7. The molecule has 3 rings (SSSR count). The van der Waals surface area contributed by atoms with Crippen molar-refractivity contribution in [1.29, 1.82) is 0 Å². The van der Waals surface area contributed by atoms with E-state index in [2.05, 4.69) is 10.2 Å². The first-order valence-corrected chi connectivity index (χ1v) is 8.53. The largest absolute Gasteiger partial charge is 0.379 e. The van der Waals surface area contributed by atoms with Crippen LogP contribution in [0.15, 0.2) is 42.5 Å². The molecule has 0 unspecified atom stereocenters. The van der Waals surface area contributed by atoms with Crippen molar-refractivity contribution in [2.75, 3.05) is 31.6 Å². The molecule has 1 amide bonds. The van der Waals surface area contributed by atoms with Crippen LogP contribution < -0.4 is 5.32 Å². The van der Waals surface area contributed by atoms with Crippen molar-refractivity contribution in [2.24, 2.45) is 0 Å². The summed E-state index contributed by atoms with van der Waals surface area (Å²) in [5, 5.41) is 3.79. The van der Waals surface area contributed by atoms with Crippen LogP contribution in [0, 0.1) is 0 Å². The number of benzene rings is 2. The average Bonchev–Trinajstić information content (AvgIpc) is 2.57. The Morgan fingerprint density at radius 3 is 2.62 bits per heavy atom. The number of anilines is 1. The Kier molecular flexibility index (Phi) is 5.74. The van der Waals surface area contributed by atoms with Crippen LogP contribution in [-0.4, -0.2) is 37.1 Å². The number of ether oxygens (including phenoxy) is 1. The van der Waals surface area contributed by atoms with E-state index < -0.39 is 0 Å².